The second kappa shape index (κ2) is 13.0. The summed E-state index contributed by atoms with van der Waals surface area (Å²) in [6.07, 6.45) is 0. The first-order valence-electron chi connectivity index (χ1n) is 13.6. The molecule has 3 aromatic carbocycles. The van der Waals surface area contributed by atoms with Gasteiger partial charge in [-0.15, -0.1) is 0 Å². The van der Waals surface area contributed by atoms with Gasteiger partial charge in [0.05, 0.1) is 17.9 Å². The molecule has 3 aromatic rings. The summed E-state index contributed by atoms with van der Waals surface area (Å²) in [5.41, 5.74) is 13.5. The van der Waals surface area contributed by atoms with E-state index in [1.807, 2.05) is 31.2 Å². The maximum Gasteiger partial charge on any atom is 0.280 e. The third-order valence-electron chi connectivity index (χ3n) is 7.17. The number of sulfone groups is 1. The first kappa shape index (κ1) is 31.1. The van der Waals surface area contributed by atoms with Gasteiger partial charge in [-0.25, -0.2) is 8.42 Å². The van der Waals surface area contributed by atoms with Gasteiger partial charge >= 0.3 is 0 Å². The third-order valence-corrected chi connectivity index (χ3v) is 9.12. The first-order valence-corrected chi connectivity index (χ1v) is 15.6. The number of halogens is 1. The standard InChI is InChI=1S/C30H36ClN5O5S/c1-5-35(17-20-9-7-8-10-25(20)40-4)11-12-36(6-2)23-14-22-18-42(38,39)26-15-21(29(37)34-30(32)33)13-19(3)27(26)41-28(22)24(31)16-23/h7-10,13-16H,5-6,11-12,17-18H2,1-4H3,(H4,32,33,34,37). The van der Waals surface area contributed by atoms with E-state index in [0.717, 1.165) is 36.6 Å². The minimum absolute atomic E-state index is 0.0373. The number of likely N-dealkylation sites (N-methyl/N-ethyl adjacent to an activating group) is 2. The minimum atomic E-state index is -3.92. The predicted molar refractivity (Wildman–Crippen MR) is 166 cm³/mol. The maximum absolute atomic E-state index is 13.6. The summed E-state index contributed by atoms with van der Waals surface area (Å²) in [6.45, 7) is 9.53. The molecule has 10 nitrogen and oxygen atoms in total. The lowest BCUT2D eigenvalue weighted by molar-refractivity contribution is 0.100. The maximum atomic E-state index is 13.6. The van der Waals surface area contributed by atoms with Crippen molar-refractivity contribution in [3.63, 3.8) is 0 Å². The molecule has 0 aliphatic carbocycles. The normalized spacial score (nSPS) is 13.4. The molecule has 1 aliphatic heterocycles. The highest BCUT2D eigenvalue weighted by molar-refractivity contribution is 7.90. The Balaban J connectivity index is 1.61. The van der Waals surface area contributed by atoms with Crippen LogP contribution in [0, 0.1) is 6.92 Å². The smallest absolute Gasteiger partial charge is 0.280 e. The summed E-state index contributed by atoms with van der Waals surface area (Å²) < 4.78 is 38.9. The van der Waals surface area contributed by atoms with E-state index in [2.05, 4.69) is 27.8 Å². The van der Waals surface area contributed by atoms with Crippen LogP contribution in [0.15, 0.2) is 58.4 Å². The largest absolute Gasteiger partial charge is 0.496 e. The molecule has 0 aromatic heterocycles. The Bertz CT molecular complexity index is 1620. The van der Waals surface area contributed by atoms with E-state index in [1.165, 1.54) is 12.1 Å². The number of para-hydroxylation sites is 1. The number of guanidine groups is 1. The number of methoxy groups -OCH3 is 1. The lowest BCUT2D eigenvalue weighted by Crippen LogP contribution is -2.35. The topological polar surface area (TPSA) is 141 Å². The van der Waals surface area contributed by atoms with Gasteiger partial charge < -0.3 is 25.8 Å². The van der Waals surface area contributed by atoms with Gasteiger partial charge in [0.15, 0.2) is 15.8 Å². The molecule has 0 atom stereocenters. The Morgan fingerprint density at radius 3 is 2.48 bits per heavy atom. The molecule has 0 bridgehead atoms. The van der Waals surface area contributed by atoms with Gasteiger partial charge in [0.1, 0.15) is 22.1 Å². The molecule has 0 unspecified atom stereocenters. The van der Waals surface area contributed by atoms with E-state index < -0.39 is 21.7 Å². The Kier molecular flexibility index (Phi) is 9.65. The number of benzene rings is 3. The second-order valence-corrected chi connectivity index (χ2v) is 12.4. The van der Waals surface area contributed by atoms with Gasteiger partial charge in [0.25, 0.3) is 5.91 Å². The number of rotatable bonds is 10. The molecule has 0 radical (unpaired) electrons. The van der Waals surface area contributed by atoms with Crippen LogP contribution in [0.1, 0.15) is 40.9 Å². The van der Waals surface area contributed by atoms with Crippen molar-refractivity contribution in [3.05, 3.63) is 75.8 Å². The number of aryl methyl sites for hydroxylation is 1. The molecule has 0 spiro atoms. The summed E-state index contributed by atoms with van der Waals surface area (Å²) in [7, 11) is -2.25. The number of amides is 1. The molecule has 224 valence electrons. The summed E-state index contributed by atoms with van der Waals surface area (Å²) in [4.78, 5) is 20.3. The molecule has 0 fully saturated rings. The Morgan fingerprint density at radius 1 is 1.07 bits per heavy atom. The molecule has 12 heteroatoms. The zero-order valence-electron chi connectivity index (χ0n) is 24.2. The monoisotopic (exact) mass is 613 g/mol. The Hall–Kier alpha value is -3.80. The molecule has 4 rings (SSSR count). The molecular formula is C30H36ClN5O5S. The van der Waals surface area contributed by atoms with E-state index in [0.29, 0.717) is 29.2 Å². The van der Waals surface area contributed by atoms with Crippen LogP contribution < -0.4 is 25.8 Å². The number of aliphatic imine (C=N–C) groups is 1. The van der Waals surface area contributed by atoms with E-state index in [4.69, 9.17) is 32.5 Å². The quantitative estimate of drug-likeness (QED) is 0.250. The van der Waals surface area contributed by atoms with Gasteiger partial charge in [0, 0.05) is 48.6 Å². The number of nitrogens with two attached hydrogens (primary N) is 2. The van der Waals surface area contributed by atoms with Crippen molar-refractivity contribution in [1.29, 1.82) is 0 Å². The summed E-state index contributed by atoms with van der Waals surface area (Å²) >= 11 is 6.73. The molecule has 0 saturated heterocycles. The highest BCUT2D eigenvalue weighted by Crippen LogP contribution is 2.45. The first-order chi connectivity index (χ1) is 20.0. The number of carbonyl (C=O) groups is 1. The SMILES string of the molecule is CCN(CCN(CC)c1cc(Cl)c2c(c1)CS(=O)(=O)c1cc(C(=O)N=C(N)N)cc(C)c1O2)Cc1ccccc1OC. The second-order valence-electron chi connectivity index (χ2n) is 10.00. The van der Waals surface area contributed by atoms with Gasteiger partial charge in [-0.05, 0) is 56.3 Å². The van der Waals surface area contributed by atoms with Gasteiger partial charge in [-0.3, -0.25) is 9.69 Å². The molecular weight excluding hydrogens is 578 g/mol. The van der Waals surface area contributed by atoms with Crippen molar-refractivity contribution in [2.75, 3.05) is 38.2 Å². The number of nitrogens with zero attached hydrogens (tertiary/aromatic N) is 3. The van der Waals surface area contributed by atoms with Crippen molar-refractivity contribution in [1.82, 2.24) is 4.90 Å². The highest BCUT2D eigenvalue weighted by atomic mass is 35.5. The van der Waals surface area contributed by atoms with Crippen LogP contribution in [0.25, 0.3) is 0 Å². The fourth-order valence-electron chi connectivity index (χ4n) is 4.99. The number of hydrogen-bond acceptors (Lipinski definition) is 7. The third kappa shape index (κ3) is 6.80. The minimum Gasteiger partial charge on any atom is -0.496 e. The summed E-state index contributed by atoms with van der Waals surface area (Å²) in [5, 5.41) is 0.297. The number of fused-ring (bicyclic) bond motifs is 2. The number of carbonyl (C=O) groups excluding carboxylic acids is 1. The molecule has 1 aliphatic rings. The van der Waals surface area contributed by atoms with Crippen LogP contribution in [-0.2, 0) is 22.1 Å². The average molecular weight is 614 g/mol. The fourth-order valence-corrected chi connectivity index (χ4v) is 6.83. The number of anilines is 1. The van der Waals surface area contributed by atoms with E-state index >= 15 is 0 Å². The van der Waals surface area contributed by atoms with E-state index in [9.17, 15) is 13.2 Å². The van der Waals surface area contributed by atoms with E-state index in [-0.39, 0.29) is 27.7 Å². The van der Waals surface area contributed by atoms with Crippen LogP contribution in [-0.4, -0.2) is 58.5 Å². The summed E-state index contributed by atoms with van der Waals surface area (Å²) in [5.74, 6) is -0.270. The molecule has 1 amide bonds. The highest BCUT2D eigenvalue weighted by Gasteiger charge is 2.31. The average Bonchev–Trinajstić information content (AvgIpc) is 3.06. The van der Waals surface area contributed by atoms with Crippen LogP contribution in [0.4, 0.5) is 5.69 Å². The van der Waals surface area contributed by atoms with Crippen LogP contribution in [0.3, 0.4) is 0 Å². The van der Waals surface area contributed by atoms with Crippen LogP contribution in [0.5, 0.6) is 17.2 Å². The van der Waals surface area contributed by atoms with Crippen LogP contribution in [0.2, 0.25) is 5.02 Å². The van der Waals surface area contributed by atoms with Crippen LogP contribution >= 0.6 is 11.6 Å². The van der Waals surface area contributed by atoms with Crippen molar-refractivity contribution < 1.29 is 22.7 Å². The lowest BCUT2D eigenvalue weighted by atomic mass is 10.1. The van der Waals surface area contributed by atoms with Crippen molar-refractivity contribution >= 4 is 39.0 Å². The van der Waals surface area contributed by atoms with Crippen molar-refractivity contribution in [3.8, 4) is 17.2 Å². The number of ether oxygens (including phenoxy) is 2. The molecule has 0 saturated carbocycles. The van der Waals surface area contributed by atoms with E-state index in [1.54, 1.807) is 20.1 Å². The Morgan fingerprint density at radius 2 is 1.81 bits per heavy atom. The fraction of sp³-hybridized carbons (Fsp3) is 0.333. The molecule has 1 heterocycles. The van der Waals surface area contributed by atoms with Crippen molar-refractivity contribution in [2.24, 2.45) is 16.5 Å². The zero-order chi connectivity index (χ0) is 30.6. The summed E-state index contributed by atoms with van der Waals surface area (Å²) in [6, 6.07) is 14.3. The van der Waals surface area contributed by atoms with Gasteiger partial charge in [0.2, 0.25) is 0 Å². The molecule has 4 N–H and O–H groups in total. The van der Waals surface area contributed by atoms with Gasteiger partial charge in [-0.2, -0.15) is 4.99 Å². The lowest BCUT2D eigenvalue weighted by Gasteiger charge is -2.29. The van der Waals surface area contributed by atoms with Gasteiger partial charge in [-0.1, -0.05) is 36.7 Å². The zero-order valence-corrected chi connectivity index (χ0v) is 25.8. The number of hydrogen-bond donors (Lipinski definition) is 2. The predicted octanol–water partition coefficient (Wildman–Crippen LogP) is 4.50. The molecule has 42 heavy (non-hydrogen) atoms. The Labute approximate surface area is 251 Å². The van der Waals surface area contributed by atoms with Crippen molar-refractivity contribution in [2.45, 2.75) is 38.0 Å².